The number of nitrogens with two attached hydrogens (primary N) is 1. The van der Waals surface area contributed by atoms with Crippen molar-refractivity contribution in [2.45, 2.75) is 12.5 Å². The summed E-state index contributed by atoms with van der Waals surface area (Å²) in [7, 11) is 0. The van der Waals surface area contributed by atoms with E-state index in [9.17, 15) is 14.0 Å². The number of amides is 1. The van der Waals surface area contributed by atoms with E-state index in [1.54, 1.807) is 0 Å². The average molecular weight is 297 g/mol. The second-order valence-electron chi connectivity index (χ2n) is 4.60. The standard InChI is InChI=1S/C13H10ClFN2O3/c14-8-2-1-5-11(9(8)15)17-10-6(12(5)18)3-20-4-7(10)13(16)19/h1-2,7H,3-4H2,(H2,16,19)(H,17,18). The zero-order valence-corrected chi connectivity index (χ0v) is 11.0. The van der Waals surface area contributed by atoms with Gasteiger partial charge in [-0.25, -0.2) is 4.39 Å². The largest absolute Gasteiger partial charge is 0.375 e. The highest BCUT2D eigenvalue weighted by Gasteiger charge is 2.29. The van der Waals surface area contributed by atoms with Gasteiger partial charge in [0, 0.05) is 16.6 Å². The molecule has 0 radical (unpaired) electrons. The Labute approximate surface area is 117 Å². The fourth-order valence-electron chi connectivity index (χ4n) is 2.38. The lowest BCUT2D eigenvalue weighted by Gasteiger charge is -2.23. The molecule has 0 spiro atoms. The van der Waals surface area contributed by atoms with Crippen molar-refractivity contribution in [1.29, 1.82) is 0 Å². The molecule has 5 nitrogen and oxygen atoms in total. The average Bonchev–Trinajstić information content (AvgIpc) is 2.43. The van der Waals surface area contributed by atoms with E-state index in [1.165, 1.54) is 12.1 Å². The SMILES string of the molecule is NC(=O)C1COCc2c1[nH]c1c(F)c(Cl)ccc1c2=O. The minimum absolute atomic E-state index is 0.0191. The molecule has 0 saturated heterocycles. The van der Waals surface area contributed by atoms with Crippen LogP contribution in [0.2, 0.25) is 5.02 Å². The van der Waals surface area contributed by atoms with E-state index >= 15 is 0 Å². The molecule has 3 N–H and O–H groups in total. The summed E-state index contributed by atoms with van der Waals surface area (Å²) in [6.45, 7) is 0.126. The first-order valence-electron chi connectivity index (χ1n) is 5.90. The summed E-state index contributed by atoms with van der Waals surface area (Å²) in [5.41, 5.74) is 5.49. The number of aromatic amines is 1. The summed E-state index contributed by atoms with van der Waals surface area (Å²) in [6.07, 6.45) is 0. The molecular formula is C13H10ClFN2O3. The molecule has 7 heteroatoms. The minimum Gasteiger partial charge on any atom is -0.375 e. The number of nitrogens with one attached hydrogen (secondary N) is 1. The Morgan fingerprint density at radius 1 is 1.50 bits per heavy atom. The number of hydrogen-bond acceptors (Lipinski definition) is 3. The van der Waals surface area contributed by atoms with Gasteiger partial charge in [-0.05, 0) is 12.1 Å². The molecule has 2 heterocycles. The van der Waals surface area contributed by atoms with Crippen LogP contribution in [-0.2, 0) is 16.1 Å². The van der Waals surface area contributed by atoms with Gasteiger partial charge in [-0.2, -0.15) is 0 Å². The van der Waals surface area contributed by atoms with Crippen molar-refractivity contribution >= 4 is 28.4 Å². The maximum absolute atomic E-state index is 14.0. The van der Waals surface area contributed by atoms with Crippen LogP contribution in [-0.4, -0.2) is 17.5 Å². The summed E-state index contributed by atoms with van der Waals surface area (Å²) in [5, 5.41) is 0.0650. The summed E-state index contributed by atoms with van der Waals surface area (Å²) >= 11 is 5.71. The van der Waals surface area contributed by atoms with Crippen molar-refractivity contribution in [2.75, 3.05) is 6.61 Å². The second kappa shape index (κ2) is 4.57. The molecule has 1 unspecified atom stereocenters. The van der Waals surface area contributed by atoms with E-state index in [0.29, 0.717) is 11.3 Å². The van der Waals surface area contributed by atoms with Gasteiger partial charge in [0.1, 0.15) is 5.92 Å². The lowest BCUT2D eigenvalue weighted by Crippen LogP contribution is -2.33. The first-order chi connectivity index (χ1) is 9.50. The lowest BCUT2D eigenvalue weighted by molar-refractivity contribution is -0.121. The molecular weight excluding hydrogens is 287 g/mol. The fraction of sp³-hybridized carbons (Fsp3) is 0.231. The number of rotatable bonds is 1. The van der Waals surface area contributed by atoms with E-state index < -0.39 is 17.6 Å². The zero-order chi connectivity index (χ0) is 14.4. The van der Waals surface area contributed by atoms with E-state index in [2.05, 4.69) is 4.98 Å². The predicted octanol–water partition coefficient (Wildman–Crippen LogP) is 1.42. The van der Waals surface area contributed by atoms with Crippen LogP contribution < -0.4 is 11.2 Å². The van der Waals surface area contributed by atoms with Crippen molar-refractivity contribution in [3.63, 3.8) is 0 Å². The van der Waals surface area contributed by atoms with Crippen LogP contribution in [0.15, 0.2) is 16.9 Å². The van der Waals surface area contributed by atoms with Crippen LogP contribution in [0.4, 0.5) is 4.39 Å². The Bertz CT molecular complexity index is 787. The van der Waals surface area contributed by atoms with Crippen molar-refractivity contribution in [3.8, 4) is 0 Å². The predicted molar refractivity (Wildman–Crippen MR) is 71.1 cm³/mol. The molecule has 1 aliphatic rings. The lowest BCUT2D eigenvalue weighted by atomic mass is 9.96. The van der Waals surface area contributed by atoms with Crippen LogP contribution in [0.3, 0.4) is 0 Å². The summed E-state index contributed by atoms with van der Waals surface area (Å²) < 4.78 is 19.2. The third kappa shape index (κ3) is 1.80. The Morgan fingerprint density at radius 2 is 2.25 bits per heavy atom. The zero-order valence-electron chi connectivity index (χ0n) is 10.2. The van der Waals surface area contributed by atoms with E-state index in [4.69, 9.17) is 22.1 Å². The van der Waals surface area contributed by atoms with Gasteiger partial charge in [0.05, 0.1) is 23.8 Å². The Balaban J connectivity index is 2.40. The van der Waals surface area contributed by atoms with Crippen molar-refractivity contribution in [3.05, 3.63) is 44.5 Å². The topological polar surface area (TPSA) is 85.2 Å². The van der Waals surface area contributed by atoms with Crippen LogP contribution in [0.1, 0.15) is 17.2 Å². The van der Waals surface area contributed by atoms with Gasteiger partial charge < -0.3 is 15.5 Å². The Morgan fingerprint density at radius 3 is 2.95 bits per heavy atom. The Hall–Kier alpha value is -1.92. The molecule has 104 valence electrons. The quantitative estimate of drug-likeness (QED) is 0.834. The number of benzene rings is 1. The van der Waals surface area contributed by atoms with Crippen LogP contribution >= 0.6 is 11.6 Å². The highest BCUT2D eigenvalue weighted by molar-refractivity contribution is 6.31. The van der Waals surface area contributed by atoms with Crippen LogP contribution in [0, 0.1) is 5.82 Å². The monoisotopic (exact) mass is 296 g/mol. The van der Waals surface area contributed by atoms with Gasteiger partial charge in [-0.15, -0.1) is 0 Å². The molecule has 3 rings (SSSR count). The van der Waals surface area contributed by atoms with E-state index in [1.807, 2.05) is 0 Å². The summed E-state index contributed by atoms with van der Waals surface area (Å²) in [4.78, 5) is 26.5. The third-order valence-corrected chi connectivity index (χ3v) is 3.71. The molecule has 0 bridgehead atoms. The molecule has 20 heavy (non-hydrogen) atoms. The summed E-state index contributed by atoms with van der Waals surface area (Å²) in [5.74, 6) is -2.16. The number of ether oxygens (including phenoxy) is 1. The van der Waals surface area contributed by atoms with E-state index in [-0.39, 0.29) is 34.6 Å². The maximum Gasteiger partial charge on any atom is 0.228 e. The minimum atomic E-state index is -0.797. The molecule has 1 aromatic heterocycles. The number of primary amides is 1. The number of pyridine rings is 1. The maximum atomic E-state index is 14.0. The number of H-pyrrole nitrogens is 1. The van der Waals surface area contributed by atoms with Gasteiger partial charge in [0.15, 0.2) is 11.2 Å². The third-order valence-electron chi connectivity index (χ3n) is 3.42. The van der Waals surface area contributed by atoms with Gasteiger partial charge in [-0.3, -0.25) is 9.59 Å². The van der Waals surface area contributed by atoms with Crippen molar-refractivity contribution in [1.82, 2.24) is 4.98 Å². The molecule has 0 aliphatic carbocycles. The number of aromatic nitrogens is 1. The van der Waals surface area contributed by atoms with Crippen molar-refractivity contribution < 1.29 is 13.9 Å². The Kier molecular flexibility index (Phi) is 2.99. The smallest absolute Gasteiger partial charge is 0.228 e. The number of hydrogen-bond donors (Lipinski definition) is 2. The first-order valence-corrected chi connectivity index (χ1v) is 6.28. The molecule has 1 amide bonds. The second-order valence-corrected chi connectivity index (χ2v) is 5.01. The molecule has 1 atom stereocenters. The summed E-state index contributed by atoms with van der Waals surface area (Å²) in [6, 6.07) is 2.75. The van der Waals surface area contributed by atoms with E-state index in [0.717, 1.165) is 0 Å². The molecule has 2 aromatic rings. The van der Waals surface area contributed by atoms with Gasteiger partial charge in [0.25, 0.3) is 0 Å². The highest BCUT2D eigenvalue weighted by Crippen LogP contribution is 2.27. The van der Waals surface area contributed by atoms with Crippen molar-refractivity contribution in [2.24, 2.45) is 5.73 Å². The molecule has 1 aliphatic heterocycles. The highest BCUT2D eigenvalue weighted by atomic mass is 35.5. The van der Waals surface area contributed by atoms with Gasteiger partial charge in [0.2, 0.25) is 5.91 Å². The normalized spacial score (nSPS) is 18.0. The first kappa shape index (κ1) is 13.1. The van der Waals surface area contributed by atoms with Gasteiger partial charge >= 0.3 is 0 Å². The fourth-order valence-corrected chi connectivity index (χ4v) is 2.54. The number of fused-ring (bicyclic) bond motifs is 2. The van der Waals surface area contributed by atoms with Crippen LogP contribution in [0.5, 0.6) is 0 Å². The molecule has 1 aromatic carbocycles. The van der Waals surface area contributed by atoms with Gasteiger partial charge in [-0.1, -0.05) is 11.6 Å². The molecule has 0 saturated carbocycles. The van der Waals surface area contributed by atoms with Crippen LogP contribution in [0.25, 0.3) is 10.9 Å². The number of carbonyl (C=O) groups excluding carboxylic acids is 1. The number of carbonyl (C=O) groups is 1. The number of halogens is 2. The molecule has 0 fully saturated rings.